The van der Waals surface area contributed by atoms with Gasteiger partial charge in [0.2, 0.25) is 0 Å². The first-order valence-corrected chi connectivity index (χ1v) is 8.25. The van der Waals surface area contributed by atoms with Crippen molar-refractivity contribution in [1.29, 1.82) is 0 Å². The van der Waals surface area contributed by atoms with Gasteiger partial charge >= 0.3 is 11.9 Å². The minimum absolute atomic E-state index is 0.101. The van der Waals surface area contributed by atoms with E-state index in [0.717, 1.165) is 37.9 Å². The summed E-state index contributed by atoms with van der Waals surface area (Å²) >= 11 is 1.31. The van der Waals surface area contributed by atoms with Gasteiger partial charge in [0.25, 0.3) is 0 Å². The fourth-order valence-electron chi connectivity index (χ4n) is 1.95. The van der Waals surface area contributed by atoms with Gasteiger partial charge in [-0.1, -0.05) is 24.6 Å². The van der Waals surface area contributed by atoms with Crippen LogP contribution in [-0.2, 0) is 23.9 Å². The molecule has 0 aliphatic heterocycles. The van der Waals surface area contributed by atoms with E-state index in [1.807, 2.05) is 0 Å². The lowest BCUT2D eigenvalue weighted by atomic mass is 9.97. The van der Waals surface area contributed by atoms with Gasteiger partial charge in [0, 0.05) is 25.5 Å². The lowest BCUT2D eigenvalue weighted by molar-refractivity contribution is -0.141. The average molecular weight is 318 g/mol. The molecule has 1 atom stereocenters. The van der Waals surface area contributed by atoms with E-state index in [9.17, 15) is 14.4 Å². The SMILES string of the molecule is COC(=O)CCCCC[C@H](CCC(=O)OC)CSC(C)=O. The molecule has 6 heteroatoms. The summed E-state index contributed by atoms with van der Waals surface area (Å²) in [4.78, 5) is 33.2. The predicted molar refractivity (Wildman–Crippen MR) is 83.0 cm³/mol. The van der Waals surface area contributed by atoms with Gasteiger partial charge < -0.3 is 9.47 Å². The zero-order chi connectivity index (χ0) is 16.1. The van der Waals surface area contributed by atoms with Gasteiger partial charge in [-0.05, 0) is 25.2 Å². The van der Waals surface area contributed by atoms with E-state index in [1.165, 1.54) is 26.0 Å². The van der Waals surface area contributed by atoms with Crippen LogP contribution in [0.1, 0.15) is 51.9 Å². The van der Waals surface area contributed by atoms with Crippen molar-refractivity contribution in [2.45, 2.75) is 51.9 Å². The van der Waals surface area contributed by atoms with Crippen LogP contribution < -0.4 is 0 Å². The lowest BCUT2D eigenvalue weighted by Crippen LogP contribution is -2.10. The second-order valence-corrected chi connectivity index (χ2v) is 6.16. The molecule has 0 saturated heterocycles. The minimum Gasteiger partial charge on any atom is -0.469 e. The zero-order valence-corrected chi connectivity index (χ0v) is 14.0. The van der Waals surface area contributed by atoms with Gasteiger partial charge in [0.05, 0.1) is 14.2 Å². The summed E-state index contributed by atoms with van der Waals surface area (Å²) in [6, 6.07) is 0. The van der Waals surface area contributed by atoms with Crippen molar-refractivity contribution in [2.24, 2.45) is 5.92 Å². The van der Waals surface area contributed by atoms with E-state index in [4.69, 9.17) is 0 Å². The molecule has 0 heterocycles. The monoisotopic (exact) mass is 318 g/mol. The summed E-state index contributed by atoms with van der Waals surface area (Å²) in [6.45, 7) is 1.55. The van der Waals surface area contributed by atoms with Crippen LogP contribution in [0.5, 0.6) is 0 Å². The van der Waals surface area contributed by atoms with Crippen LogP contribution in [0.15, 0.2) is 0 Å². The number of hydrogen-bond acceptors (Lipinski definition) is 6. The Morgan fingerprint density at radius 1 is 0.905 bits per heavy atom. The smallest absolute Gasteiger partial charge is 0.305 e. The highest BCUT2D eigenvalue weighted by molar-refractivity contribution is 8.13. The third kappa shape index (κ3) is 12.4. The molecule has 0 saturated carbocycles. The van der Waals surface area contributed by atoms with Gasteiger partial charge in [-0.3, -0.25) is 14.4 Å². The van der Waals surface area contributed by atoms with Crippen LogP contribution >= 0.6 is 11.8 Å². The summed E-state index contributed by atoms with van der Waals surface area (Å²) in [7, 11) is 2.78. The van der Waals surface area contributed by atoms with E-state index in [-0.39, 0.29) is 17.1 Å². The maximum atomic E-state index is 11.2. The summed E-state index contributed by atoms with van der Waals surface area (Å²) in [5, 5.41) is 0.101. The molecule has 0 fully saturated rings. The van der Waals surface area contributed by atoms with Crippen molar-refractivity contribution in [1.82, 2.24) is 0 Å². The zero-order valence-electron chi connectivity index (χ0n) is 13.2. The maximum Gasteiger partial charge on any atom is 0.305 e. The number of carbonyl (C=O) groups excluding carboxylic acids is 3. The van der Waals surface area contributed by atoms with Crippen molar-refractivity contribution < 1.29 is 23.9 Å². The normalized spacial score (nSPS) is 11.8. The number of methoxy groups -OCH3 is 2. The third-order valence-electron chi connectivity index (χ3n) is 3.23. The summed E-state index contributed by atoms with van der Waals surface area (Å²) < 4.78 is 9.23. The summed E-state index contributed by atoms with van der Waals surface area (Å²) in [5.41, 5.74) is 0. The highest BCUT2D eigenvalue weighted by Crippen LogP contribution is 2.21. The molecular formula is C15H26O5S. The predicted octanol–water partition coefficient (Wildman–Crippen LogP) is 2.96. The van der Waals surface area contributed by atoms with E-state index in [0.29, 0.717) is 18.8 Å². The molecule has 0 rings (SSSR count). The number of rotatable bonds is 11. The van der Waals surface area contributed by atoms with Crippen LogP contribution in [0.25, 0.3) is 0 Å². The van der Waals surface area contributed by atoms with Gasteiger partial charge in [-0.15, -0.1) is 0 Å². The minimum atomic E-state index is -0.210. The molecule has 0 bridgehead atoms. The van der Waals surface area contributed by atoms with Gasteiger partial charge in [0.1, 0.15) is 0 Å². The Hall–Kier alpha value is -1.04. The van der Waals surface area contributed by atoms with Crippen molar-refractivity contribution in [3.63, 3.8) is 0 Å². The molecule has 0 aromatic heterocycles. The van der Waals surface area contributed by atoms with E-state index in [2.05, 4.69) is 9.47 Å². The number of esters is 2. The number of carbonyl (C=O) groups is 3. The van der Waals surface area contributed by atoms with Crippen molar-refractivity contribution in [3.05, 3.63) is 0 Å². The quantitative estimate of drug-likeness (QED) is 0.431. The third-order valence-corrected chi connectivity index (χ3v) is 4.27. The Morgan fingerprint density at radius 2 is 1.52 bits per heavy atom. The van der Waals surface area contributed by atoms with Gasteiger partial charge in [-0.2, -0.15) is 0 Å². The molecular weight excluding hydrogens is 292 g/mol. The van der Waals surface area contributed by atoms with Crippen LogP contribution in [0.3, 0.4) is 0 Å². The maximum absolute atomic E-state index is 11.2. The molecule has 0 unspecified atom stereocenters. The number of unbranched alkanes of at least 4 members (excludes halogenated alkanes) is 2. The van der Waals surface area contributed by atoms with Gasteiger partial charge in [0.15, 0.2) is 5.12 Å². The highest BCUT2D eigenvalue weighted by Gasteiger charge is 2.13. The molecule has 0 aromatic carbocycles. The fourth-order valence-corrected chi connectivity index (χ4v) is 2.76. The molecule has 0 aliphatic carbocycles. The standard InChI is InChI=1S/C15H26O5S/c1-12(16)21-11-13(9-10-15(18)20-3)7-5-4-6-8-14(17)19-2/h13H,4-11H2,1-3H3/t13-/m1/s1. The Bertz CT molecular complexity index is 330. The Labute approximate surface area is 131 Å². The topological polar surface area (TPSA) is 69.7 Å². The largest absolute Gasteiger partial charge is 0.469 e. The number of thioether (sulfide) groups is 1. The summed E-state index contributed by atoms with van der Waals surface area (Å²) in [5.74, 6) is 0.683. The van der Waals surface area contributed by atoms with Crippen molar-refractivity contribution in [2.75, 3.05) is 20.0 Å². The van der Waals surface area contributed by atoms with Crippen LogP contribution in [0.2, 0.25) is 0 Å². The number of ether oxygens (including phenoxy) is 2. The average Bonchev–Trinajstić information content (AvgIpc) is 2.47. The summed E-state index contributed by atoms with van der Waals surface area (Å²) in [6.07, 6.45) is 5.29. The Balaban J connectivity index is 3.94. The van der Waals surface area contributed by atoms with Crippen LogP contribution in [-0.4, -0.2) is 37.0 Å². The molecule has 5 nitrogen and oxygen atoms in total. The number of hydrogen-bond donors (Lipinski definition) is 0. The second kappa shape index (κ2) is 12.7. The lowest BCUT2D eigenvalue weighted by Gasteiger charge is -2.15. The molecule has 0 aromatic rings. The Kier molecular flexibility index (Phi) is 12.1. The molecule has 0 radical (unpaired) electrons. The van der Waals surface area contributed by atoms with E-state index < -0.39 is 0 Å². The Morgan fingerprint density at radius 3 is 2.10 bits per heavy atom. The van der Waals surface area contributed by atoms with Crippen molar-refractivity contribution >= 4 is 28.8 Å². The first kappa shape index (κ1) is 20.0. The molecule has 0 aliphatic rings. The van der Waals surface area contributed by atoms with Crippen LogP contribution in [0, 0.1) is 5.92 Å². The second-order valence-electron chi connectivity index (χ2n) is 4.96. The first-order chi connectivity index (χ1) is 9.99. The van der Waals surface area contributed by atoms with E-state index in [1.54, 1.807) is 6.92 Å². The molecule has 0 spiro atoms. The van der Waals surface area contributed by atoms with Crippen LogP contribution in [0.4, 0.5) is 0 Å². The fraction of sp³-hybridized carbons (Fsp3) is 0.800. The first-order valence-electron chi connectivity index (χ1n) is 7.26. The van der Waals surface area contributed by atoms with Crippen molar-refractivity contribution in [3.8, 4) is 0 Å². The highest BCUT2D eigenvalue weighted by atomic mass is 32.2. The van der Waals surface area contributed by atoms with E-state index >= 15 is 0 Å². The molecule has 122 valence electrons. The molecule has 0 amide bonds. The molecule has 0 N–H and O–H groups in total. The molecule has 21 heavy (non-hydrogen) atoms. The van der Waals surface area contributed by atoms with Gasteiger partial charge in [-0.25, -0.2) is 0 Å².